The average molecular weight is 262 g/mol. The summed E-state index contributed by atoms with van der Waals surface area (Å²) in [4.78, 5) is 15.8. The molecule has 92 valence electrons. The first-order chi connectivity index (χ1) is 8.74. The van der Waals surface area contributed by atoms with Gasteiger partial charge in [0.2, 0.25) is 0 Å². The Kier molecular flexibility index (Phi) is 4.31. The topological polar surface area (TPSA) is 39.2 Å². The normalized spacial score (nSPS) is 10.1. The number of hydrogen-bond acceptors (Lipinski definition) is 3. The van der Waals surface area contributed by atoms with E-state index < -0.39 is 0 Å². The lowest BCUT2D eigenvalue weighted by Gasteiger charge is -2.05. The van der Waals surface area contributed by atoms with Crippen LogP contribution in [-0.4, -0.2) is 17.4 Å². The molecule has 0 saturated carbocycles. The Bertz CT molecular complexity index is 528. The summed E-state index contributed by atoms with van der Waals surface area (Å²) in [6.07, 6.45) is 1.95. The van der Waals surface area contributed by atoms with Crippen molar-refractivity contribution in [3.8, 4) is 5.75 Å². The van der Waals surface area contributed by atoms with Crippen LogP contribution in [0.5, 0.6) is 5.75 Å². The minimum atomic E-state index is -0.0197. The number of rotatable bonds is 5. The molecule has 2 rings (SSSR count). The maximum atomic E-state index is 11.7. The van der Waals surface area contributed by atoms with Crippen molar-refractivity contribution in [1.29, 1.82) is 0 Å². The smallest absolute Gasteiger partial charge is 0.176 e. The zero-order chi connectivity index (χ0) is 12.8. The molecule has 18 heavy (non-hydrogen) atoms. The van der Waals surface area contributed by atoms with Crippen molar-refractivity contribution in [1.82, 2.24) is 4.98 Å². The summed E-state index contributed by atoms with van der Waals surface area (Å²) in [5.41, 5.74) is 0.747. The number of benzene rings is 1. The van der Waals surface area contributed by atoms with Crippen molar-refractivity contribution in [3.05, 3.63) is 59.4 Å². The van der Waals surface area contributed by atoms with Crippen LogP contribution in [0.4, 0.5) is 0 Å². The summed E-state index contributed by atoms with van der Waals surface area (Å²) in [5, 5.41) is 0.588. The molecular weight excluding hydrogens is 250 g/mol. The zero-order valence-corrected chi connectivity index (χ0v) is 10.4. The number of hydrogen-bond donors (Lipinski definition) is 0. The molecule has 0 atom stereocenters. The lowest BCUT2D eigenvalue weighted by atomic mass is 10.2. The average Bonchev–Trinajstić information content (AvgIpc) is 2.38. The van der Waals surface area contributed by atoms with Crippen LogP contribution < -0.4 is 4.74 Å². The standard InChI is InChI=1S/C14H12ClNO2/c15-11-4-3-6-14(8-11)18-10-13(17)9-12-5-1-2-7-16-12/h1-8H,9-10H2. The van der Waals surface area contributed by atoms with Gasteiger partial charge >= 0.3 is 0 Å². The number of carbonyl (C=O) groups is 1. The number of Topliss-reactive ketones (excluding diaryl/α,β-unsaturated/α-hetero) is 1. The summed E-state index contributed by atoms with van der Waals surface area (Å²) in [6, 6.07) is 12.5. The summed E-state index contributed by atoms with van der Waals surface area (Å²) in [6.45, 7) is 0.0247. The van der Waals surface area contributed by atoms with Crippen molar-refractivity contribution in [2.24, 2.45) is 0 Å². The summed E-state index contributed by atoms with van der Waals surface area (Å²) in [7, 11) is 0. The van der Waals surface area contributed by atoms with Gasteiger partial charge in [0, 0.05) is 16.9 Å². The number of carbonyl (C=O) groups excluding carboxylic acids is 1. The van der Waals surface area contributed by atoms with E-state index in [1.165, 1.54) is 0 Å². The number of nitrogens with zero attached hydrogens (tertiary/aromatic N) is 1. The van der Waals surface area contributed by atoms with Crippen LogP contribution in [0, 0.1) is 0 Å². The van der Waals surface area contributed by atoms with Gasteiger partial charge < -0.3 is 4.74 Å². The second-order valence-electron chi connectivity index (χ2n) is 3.78. The summed E-state index contributed by atoms with van der Waals surface area (Å²) in [5.74, 6) is 0.575. The van der Waals surface area contributed by atoms with E-state index in [0.717, 1.165) is 5.69 Å². The first-order valence-corrected chi connectivity index (χ1v) is 5.92. The molecule has 0 aliphatic carbocycles. The van der Waals surface area contributed by atoms with E-state index in [0.29, 0.717) is 10.8 Å². The van der Waals surface area contributed by atoms with Gasteiger partial charge in [-0.2, -0.15) is 0 Å². The Morgan fingerprint density at radius 1 is 1.22 bits per heavy atom. The molecule has 3 nitrogen and oxygen atoms in total. The molecule has 0 bridgehead atoms. The fourth-order valence-electron chi connectivity index (χ4n) is 1.48. The molecule has 0 aliphatic heterocycles. The van der Waals surface area contributed by atoms with E-state index in [-0.39, 0.29) is 18.8 Å². The van der Waals surface area contributed by atoms with Crippen LogP contribution in [0.1, 0.15) is 5.69 Å². The Morgan fingerprint density at radius 2 is 2.11 bits per heavy atom. The second-order valence-corrected chi connectivity index (χ2v) is 4.22. The van der Waals surface area contributed by atoms with Gasteiger partial charge in [0.05, 0.1) is 6.42 Å². The Hall–Kier alpha value is -1.87. The highest BCUT2D eigenvalue weighted by molar-refractivity contribution is 6.30. The van der Waals surface area contributed by atoms with E-state index in [1.807, 2.05) is 18.2 Å². The number of ketones is 1. The van der Waals surface area contributed by atoms with Crippen LogP contribution in [0.2, 0.25) is 5.02 Å². The van der Waals surface area contributed by atoms with E-state index >= 15 is 0 Å². The molecular formula is C14H12ClNO2. The third-order valence-electron chi connectivity index (χ3n) is 2.30. The van der Waals surface area contributed by atoms with Gasteiger partial charge in [-0.1, -0.05) is 23.7 Å². The molecule has 1 heterocycles. The fourth-order valence-corrected chi connectivity index (χ4v) is 1.66. The van der Waals surface area contributed by atoms with Crippen LogP contribution in [0.15, 0.2) is 48.7 Å². The Morgan fingerprint density at radius 3 is 2.83 bits per heavy atom. The molecule has 0 fully saturated rings. The maximum absolute atomic E-state index is 11.7. The van der Waals surface area contributed by atoms with Gasteiger partial charge in [0.15, 0.2) is 5.78 Å². The third-order valence-corrected chi connectivity index (χ3v) is 2.54. The molecule has 0 aliphatic rings. The fraction of sp³-hybridized carbons (Fsp3) is 0.143. The van der Waals surface area contributed by atoms with Crippen LogP contribution >= 0.6 is 11.6 Å². The molecule has 0 unspecified atom stereocenters. The molecule has 0 spiro atoms. The lowest BCUT2D eigenvalue weighted by molar-refractivity contribution is -0.120. The quantitative estimate of drug-likeness (QED) is 0.831. The van der Waals surface area contributed by atoms with Gasteiger partial charge in [-0.25, -0.2) is 0 Å². The summed E-state index contributed by atoms with van der Waals surface area (Å²) >= 11 is 5.82. The van der Waals surface area contributed by atoms with Crippen LogP contribution in [-0.2, 0) is 11.2 Å². The number of pyridine rings is 1. The largest absolute Gasteiger partial charge is 0.486 e. The third kappa shape index (κ3) is 3.86. The van der Waals surface area contributed by atoms with Gasteiger partial charge in [-0.15, -0.1) is 0 Å². The second kappa shape index (κ2) is 6.17. The minimum Gasteiger partial charge on any atom is -0.486 e. The monoisotopic (exact) mass is 261 g/mol. The van der Waals surface area contributed by atoms with Crippen molar-refractivity contribution in [2.75, 3.05) is 6.61 Å². The molecule has 4 heteroatoms. The molecule has 1 aromatic carbocycles. The zero-order valence-electron chi connectivity index (χ0n) is 9.67. The molecule has 0 saturated heterocycles. The molecule has 0 radical (unpaired) electrons. The van der Waals surface area contributed by atoms with E-state index in [2.05, 4.69) is 4.98 Å². The molecule has 1 aromatic heterocycles. The van der Waals surface area contributed by atoms with Crippen molar-refractivity contribution in [2.45, 2.75) is 6.42 Å². The lowest BCUT2D eigenvalue weighted by Crippen LogP contribution is -2.14. The van der Waals surface area contributed by atoms with Crippen molar-refractivity contribution < 1.29 is 9.53 Å². The Labute approximate surface area is 110 Å². The van der Waals surface area contributed by atoms with Gasteiger partial charge in [-0.3, -0.25) is 9.78 Å². The number of aromatic nitrogens is 1. The van der Waals surface area contributed by atoms with Crippen molar-refractivity contribution >= 4 is 17.4 Å². The van der Waals surface area contributed by atoms with E-state index in [4.69, 9.17) is 16.3 Å². The van der Waals surface area contributed by atoms with Crippen molar-refractivity contribution in [3.63, 3.8) is 0 Å². The Balaban J connectivity index is 1.85. The summed E-state index contributed by atoms with van der Waals surface area (Å²) < 4.78 is 5.36. The first kappa shape index (κ1) is 12.6. The minimum absolute atomic E-state index is 0.0197. The first-order valence-electron chi connectivity index (χ1n) is 5.54. The highest BCUT2D eigenvalue weighted by Gasteiger charge is 2.05. The van der Waals surface area contributed by atoms with Crippen LogP contribution in [0.3, 0.4) is 0 Å². The predicted octanol–water partition coefficient (Wildman–Crippen LogP) is 2.93. The highest BCUT2D eigenvalue weighted by Crippen LogP contribution is 2.16. The number of halogens is 1. The van der Waals surface area contributed by atoms with Gasteiger partial charge in [-0.05, 0) is 30.3 Å². The van der Waals surface area contributed by atoms with E-state index in [1.54, 1.807) is 30.5 Å². The maximum Gasteiger partial charge on any atom is 0.176 e. The molecule has 2 aromatic rings. The highest BCUT2D eigenvalue weighted by atomic mass is 35.5. The number of ether oxygens (including phenoxy) is 1. The SMILES string of the molecule is O=C(COc1cccc(Cl)c1)Cc1ccccn1. The van der Waals surface area contributed by atoms with E-state index in [9.17, 15) is 4.79 Å². The predicted molar refractivity (Wildman–Crippen MR) is 69.9 cm³/mol. The molecule has 0 N–H and O–H groups in total. The van der Waals surface area contributed by atoms with Gasteiger partial charge in [0.1, 0.15) is 12.4 Å². The molecule has 0 amide bonds. The van der Waals surface area contributed by atoms with Gasteiger partial charge in [0.25, 0.3) is 0 Å². The van der Waals surface area contributed by atoms with Crippen LogP contribution in [0.25, 0.3) is 0 Å².